The molecule has 0 radical (unpaired) electrons. The van der Waals surface area contributed by atoms with Gasteiger partial charge in [0.2, 0.25) is 0 Å². The van der Waals surface area contributed by atoms with Crippen LogP contribution in [0.5, 0.6) is 0 Å². The lowest BCUT2D eigenvalue weighted by atomic mass is 9.99. The minimum absolute atomic E-state index is 0.737. The summed E-state index contributed by atoms with van der Waals surface area (Å²) in [6, 6.07) is 1.47. The standard InChI is InChI=1S/C11H25N3/c1-10-9-11(5-7-14(10)4)12-6-8-13(2)3/h10-12H,5-9H2,1-4H3. The van der Waals surface area contributed by atoms with E-state index in [0.717, 1.165) is 25.2 Å². The van der Waals surface area contributed by atoms with Crippen LogP contribution in [0.15, 0.2) is 0 Å². The fraction of sp³-hybridized carbons (Fsp3) is 1.00. The number of hydrogen-bond donors (Lipinski definition) is 1. The lowest BCUT2D eigenvalue weighted by molar-refractivity contribution is 0.167. The van der Waals surface area contributed by atoms with Crippen LogP contribution in [0.2, 0.25) is 0 Å². The van der Waals surface area contributed by atoms with Gasteiger partial charge in [0.1, 0.15) is 0 Å². The molecular weight excluding hydrogens is 174 g/mol. The Hall–Kier alpha value is -0.120. The summed E-state index contributed by atoms with van der Waals surface area (Å²) in [4.78, 5) is 4.68. The molecule has 1 saturated heterocycles. The summed E-state index contributed by atoms with van der Waals surface area (Å²) in [7, 11) is 6.47. The summed E-state index contributed by atoms with van der Waals surface area (Å²) in [6.07, 6.45) is 2.60. The van der Waals surface area contributed by atoms with Gasteiger partial charge in [-0.1, -0.05) is 0 Å². The number of likely N-dealkylation sites (tertiary alicyclic amines) is 1. The molecule has 1 fully saturated rings. The van der Waals surface area contributed by atoms with E-state index in [4.69, 9.17) is 0 Å². The molecular formula is C11H25N3. The molecule has 0 bridgehead atoms. The molecule has 3 heteroatoms. The molecule has 1 heterocycles. The van der Waals surface area contributed by atoms with Crippen molar-refractivity contribution in [3.05, 3.63) is 0 Å². The van der Waals surface area contributed by atoms with Crippen molar-refractivity contribution in [2.75, 3.05) is 40.8 Å². The predicted molar refractivity (Wildman–Crippen MR) is 61.7 cm³/mol. The van der Waals surface area contributed by atoms with E-state index in [1.54, 1.807) is 0 Å². The number of nitrogens with zero attached hydrogens (tertiary/aromatic N) is 2. The Kier molecular flexibility index (Phi) is 4.85. The highest BCUT2D eigenvalue weighted by molar-refractivity contribution is 4.81. The molecule has 2 unspecified atom stereocenters. The lowest BCUT2D eigenvalue weighted by Crippen LogP contribution is -2.46. The van der Waals surface area contributed by atoms with Gasteiger partial charge in [0.05, 0.1) is 0 Å². The van der Waals surface area contributed by atoms with E-state index in [1.807, 2.05) is 0 Å². The van der Waals surface area contributed by atoms with Crippen LogP contribution in [-0.2, 0) is 0 Å². The Labute approximate surface area is 88.5 Å². The van der Waals surface area contributed by atoms with Gasteiger partial charge in [-0.3, -0.25) is 0 Å². The molecule has 2 atom stereocenters. The number of hydrogen-bond acceptors (Lipinski definition) is 3. The van der Waals surface area contributed by atoms with Crippen LogP contribution in [0.25, 0.3) is 0 Å². The average molecular weight is 199 g/mol. The van der Waals surface area contributed by atoms with E-state index < -0.39 is 0 Å². The zero-order chi connectivity index (χ0) is 10.6. The van der Waals surface area contributed by atoms with Crippen LogP contribution in [0.4, 0.5) is 0 Å². The monoisotopic (exact) mass is 199 g/mol. The first-order valence-corrected chi connectivity index (χ1v) is 5.68. The van der Waals surface area contributed by atoms with Crippen molar-refractivity contribution in [1.82, 2.24) is 15.1 Å². The third-order valence-corrected chi connectivity index (χ3v) is 3.20. The summed E-state index contributed by atoms with van der Waals surface area (Å²) in [6.45, 7) is 5.81. The van der Waals surface area contributed by atoms with Crippen molar-refractivity contribution in [3.8, 4) is 0 Å². The minimum atomic E-state index is 0.737. The Balaban J connectivity index is 2.13. The average Bonchev–Trinajstić information content (AvgIpc) is 2.10. The second kappa shape index (κ2) is 5.69. The molecule has 0 aromatic carbocycles. The zero-order valence-electron chi connectivity index (χ0n) is 10.1. The third kappa shape index (κ3) is 3.95. The number of rotatable bonds is 4. The van der Waals surface area contributed by atoms with Crippen molar-refractivity contribution in [2.24, 2.45) is 0 Å². The fourth-order valence-electron chi connectivity index (χ4n) is 1.97. The summed E-state index contributed by atoms with van der Waals surface area (Å²) < 4.78 is 0. The molecule has 84 valence electrons. The highest BCUT2D eigenvalue weighted by Gasteiger charge is 2.21. The maximum absolute atomic E-state index is 3.64. The topological polar surface area (TPSA) is 18.5 Å². The molecule has 1 aliphatic rings. The summed E-state index contributed by atoms with van der Waals surface area (Å²) >= 11 is 0. The van der Waals surface area contributed by atoms with Crippen molar-refractivity contribution in [1.29, 1.82) is 0 Å². The normalized spacial score (nSPS) is 29.8. The highest BCUT2D eigenvalue weighted by Crippen LogP contribution is 2.14. The van der Waals surface area contributed by atoms with Gasteiger partial charge in [0, 0.05) is 25.2 Å². The van der Waals surface area contributed by atoms with Crippen LogP contribution in [0.1, 0.15) is 19.8 Å². The Morgan fingerprint density at radius 1 is 1.43 bits per heavy atom. The highest BCUT2D eigenvalue weighted by atomic mass is 15.1. The van der Waals surface area contributed by atoms with Gasteiger partial charge in [-0.15, -0.1) is 0 Å². The van der Waals surface area contributed by atoms with E-state index >= 15 is 0 Å². The second-order valence-corrected chi connectivity index (χ2v) is 4.81. The van der Waals surface area contributed by atoms with Crippen molar-refractivity contribution in [2.45, 2.75) is 31.8 Å². The van der Waals surface area contributed by atoms with Gasteiger partial charge in [-0.25, -0.2) is 0 Å². The predicted octanol–water partition coefficient (Wildman–Crippen LogP) is 0.620. The molecule has 14 heavy (non-hydrogen) atoms. The van der Waals surface area contributed by atoms with Crippen LogP contribution >= 0.6 is 0 Å². The van der Waals surface area contributed by atoms with Crippen LogP contribution in [0.3, 0.4) is 0 Å². The van der Waals surface area contributed by atoms with E-state index in [1.165, 1.54) is 19.4 Å². The van der Waals surface area contributed by atoms with E-state index in [0.29, 0.717) is 0 Å². The molecule has 1 rings (SSSR count). The smallest absolute Gasteiger partial charge is 0.0101 e. The fourth-order valence-corrected chi connectivity index (χ4v) is 1.97. The van der Waals surface area contributed by atoms with Gasteiger partial charge in [-0.05, 0) is 47.5 Å². The lowest BCUT2D eigenvalue weighted by Gasteiger charge is -2.35. The molecule has 0 aromatic rings. The van der Waals surface area contributed by atoms with Crippen molar-refractivity contribution < 1.29 is 0 Å². The summed E-state index contributed by atoms with van der Waals surface area (Å²) in [5, 5.41) is 3.64. The molecule has 0 amide bonds. The number of likely N-dealkylation sites (N-methyl/N-ethyl adjacent to an activating group) is 1. The second-order valence-electron chi connectivity index (χ2n) is 4.81. The first-order chi connectivity index (χ1) is 6.59. The maximum atomic E-state index is 3.64. The van der Waals surface area contributed by atoms with E-state index in [9.17, 15) is 0 Å². The molecule has 0 aromatic heterocycles. The third-order valence-electron chi connectivity index (χ3n) is 3.20. The van der Waals surface area contributed by atoms with Crippen LogP contribution < -0.4 is 5.32 Å². The van der Waals surface area contributed by atoms with Crippen LogP contribution in [0, 0.1) is 0 Å². The van der Waals surface area contributed by atoms with E-state index in [2.05, 4.69) is 43.2 Å². The molecule has 1 N–H and O–H groups in total. The van der Waals surface area contributed by atoms with Crippen molar-refractivity contribution >= 4 is 0 Å². The van der Waals surface area contributed by atoms with Crippen molar-refractivity contribution in [3.63, 3.8) is 0 Å². The Bertz CT molecular complexity index is 159. The van der Waals surface area contributed by atoms with Gasteiger partial charge in [-0.2, -0.15) is 0 Å². The molecule has 1 aliphatic heterocycles. The maximum Gasteiger partial charge on any atom is 0.0101 e. The minimum Gasteiger partial charge on any atom is -0.313 e. The van der Waals surface area contributed by atoms with Crippen LogP contribution in [-0.4, -0.2) is 62.7 Å². The van der Waals surface area contributed by atoms with Gasteiger partial charge in [0.15, 0.2) is 0 Å². The summed E-state index contributed by atoms with van der Waals surface area (Å²) in [5.41, 5.74) is 0. The Morgan fingerprint density at radius 2 is 2.14 bits per heavy atom. The largest absolute Gasteiger partial charge is 0.313 e. The summed E-state index contributed by atoms with van der Waals surface area (Å²) in [5.74, 6) is 0. The number of piperidine rings is 1. The van der Waals surface area contributed by atoms with Gasteiger partial charge < -0.3 is 15.1 Å². The van der Waals surface area contributed by atoms with Gasteiger partial charge in [0.25, 0.3) is 0 Å². The Morgan fingerprint density at radius 3 is 2.71 bits per heavy atom. The quantitative estimate of drug-likeness (QED) is 0.716. The molecule has 0 aliphatic carbocycles. The zero-order valence-corrected chi connectivity index (χ0v) is 10.1. The molecule has 3 nitrogen and oxygen atoms in total. The first kappa shape index (κ1) is 12.0. The molecule has 0 spiro atoms. The number of nitrogens with one attached hydrogen (secondary N) is 1. The van der Waals surface area contributed by atoms with E-state index in [-0.39, 0.29) is 0 Å². The SMILES string of the molecule is CC1CC(NCCN(C)C)CCN1C. The molecule has 0 saturated carbocycles. The first-order valence-electron chi connectivity index (χ1n) is 5.68. The van der Waals surface area contributed by atoms with Gasteiger partial charge >= 0.3 is 0 Å².